The molecule has 0 spiro atoms. The SMILES string of the molecule is CNCC1COc2c3c(cc4c(C)cc(=O)n1c24)c(C)cc(=O)n3C. The van der Waals surface area contributed by atoms with E-state index in [4.69, 9.17) is 4.74 Å². The largest absolute Gasteiger partial charge is 0.487 e. The Hall–Kier alpha value is -2.60. The highest BCUT2D eigenvalue weighted by molar-refractivity contribution is 6.04. The van der Waals surface area contributed by atoms with Gasteiger partial charge in [0.1, 0.15) is 6.61 Å². The number of benzene rings is 1. The molecule has 0 saturated carbocycles. The molecule has 3 aromatic rings. The third kappa shape index (κ3) is 2.14. The summed E-state index contributed by atoms with van der Waals surface area (Å²) in [5, 5.41) is 5.09. The molecule has 130 valence electrons. The Bertz CT molecular complexity index is 1140. The third-order valence-electron chi connectivity index (χ3n) is 5.13. The maximum atomic E-state index is 12.7. The van der Waals surface area contributed by atoms with Crippen molar-refractivity contribution in [1.82, 2.24) is 14.5 Å². The van der Waals surface area contributed by atoms with Gasteiger partial charge in [-0.2, -0.15) is 0 Å². The van der Waals surface area contributed by atoms with Crippen molar-refractivity contribution in [2.45, 2.75) is 19.9 Å². The monoisotopic (exact) mass is 339 g/mol. The Labute approximate surface area is 144 Å². The van der Waals surface area contributed by atoms with Gasteiger partial charge in [0, 0.05) is 36.5 Å². The maximum absolute atomic E-state index is 12.7. The van der Waals surface area contributed by atoms with Gasteiger partial charge in [-0.1, -0.05) is 0 Å². The first-order valence-corrected chi connectivity index (χ1v) is 8.40. The molecule has 1 aliphatic heterocycles. The molecule has 0 fully saturated rings. The van der Waals surface area contributed by atoms with E-state index in [2.05, 4.69) is 11.4 Å². The van der Waals surface area contributed by atoms with Crippen molar-refractivity contribution in [3.8, 4) is 5.75 Å². The van der Waals surface area contributed by atoms with E-state index in [0.29, 0.717) is 18.9 Å². The van der Waals surface area contributed by atoms with Crippen LogP contribution in [0, 0.1) is 13.8 Å². The van der Waals surface area contributed by atoms with Crippen LogP contribution < -0.4 is 21.2 Å². The van der Waals surface area contributed by atoms with Gasteiger partial charge in [-0.05, 0) is 38.1 Å². The molecule has 3 heterocycles. The van der Waals surface area contributed by atoms with Gasteiger partial charge in [0.2, 0.25) is 0 Å². The van der Waals surface area contributed by atoms with Crippen molar-refractivity contribution in [1.29, 1.82) is 0 Å². The number of fused-ring (bicyclic) bond motifs is 2. The molecular weight excluding hydrogens is 318 g/mol. The number of aryl methyl sites for hydroxylation is 3. The lowest BCUT2D eigenvalue weighted by Gasteiger charge is -2.30. The summed E-state index contributed by atoms with van der Waals surface area (Å²) in [6.07, 6.45) is 0. The highest BCUT2D eigenvalue weighted by Gasteiger charge is 2.27. The second kappa shape index (κ2) is 5.46. The predicted octanol–water partition coefficient (Wildman–Crippen LogP) is 1.62. The molecule has 25 heavy (non-hydrogen) atoms. The van der Waals surface area contributed by atoms with Crippen molar-refractivity contribution in [2.24, 2.45) is 7.05 Å². The molecule has 6 heteroatoms. The second-order valence-electron chi connectivity index (χ2n) is 6.78. The van der Waals surface area contributed by atoms with E-state index in [1.165, 1.54) is 0 Å². The molecule has 0 saturated heterocycles. The molecule has 1 atom stereocenters. The summed E-state index contributed by atoms with van der Waals surface area (Å²) in [5.74, 6) is 0.629. The molecular formula is C19H21N3O3. The molecule has 0 aliphatic carbocycles. The van der Waals surface area contributed by atoms with Crippen molar-refractivity contribution in [3.05, 3.63) is 50.0 Å². The summed E-state index contributed by atoms with van der Waals surface area (Å²) in [4.78, 5) is 25.0. The van der Waals surface area contributed by atoms with E-state index in [0.717, 1.165) is 32.9 Å². The maximum Gasteiger partial charge on any atom is 0.251 e. The van der Waals surface area contributed by atoms with E-state index >= 15 is 0 Å². The smallest absolute Gasteiger partial charge is 0.251 e. The Balaban J connectivity index is 2.28. The minimum absolute atomic E-state index is 0.0354. The number of rotatable bonds is 2. The number of aromatic nitrogens is 2. The Morgan fingerprint density at radius 2 is 1.72 bits per heavy atom. The van der Waals surface area contributed by atoms with Gasteiger partial charge < -0.3 is 14.6 Å². The molecule has 0 amide bonds. The Kier molecular flexibility index (Phi) is 3.47. The van der Waals surface area contributed by atoms with Crippen molar-refractivity contribution in [2.75, 3.05) is 20.2 Å². The van der Waals surface area contributed by atoms with Crippen LogP contribution in [0.25, 0.3) is 21.8 Å². The average Bonchev–Trinajstić information content (AvgIpc) is 2.57. The molecule has 0 bridgehead atoms. The highest BCUT2D eigenvalue weighted by Crippen LogP contribution is 2.39. The number of hydrogen-bond donors (Lipinski definition) is 1. The first-order valence-electron chi connectivity index (χ1n) is 8.40. The summed E-state index contributed by atoms with van der Waals surface area (Å²) in [6, 6.07) is 5.31. The van der Waals surface area contributed by atoms with Gasteiger partial charge >= 0.3 is 0 Å². The average molecular weight is 339 g/mol. The Morgan fingerprint density at radius 1 is 1.08 bits per heavy atom. The van der Waals surface area contributed by atoms with Crippen molar-refractivity contribution in [3.63, 3.8) is 0 Å². The van der Waals surface area contributed by atoms with Gasteiger partial charge in [-0.15, -0.1) is 0 Å². The van der Waals surface area contributed by atoms with Crippen LogP contribution in [0.3, 0.4) is 0 Å². The van der Waals surface area contributed by atoms with Crippen molar-refractivity contribution < 1.29 is 4.74 Å². The fraction of sp³-hybridized carbons (Fsp3) is 0.368. The van der Waals surface area contributed by atoms with Crippen LogP contribution in [0.2, 0.25) is 0 Å². The van der Waals surface area contributed by atoms with Crippen LogP contribution in [0.5, 0.6) is 5.75 Å². The molecule has 0 radical (unpaired) electrons. The predicted molar refractivity (Wildman–Crippen MR) is 98.9 cm³/mol. The number of pyridine rings is 2. The molecule has 2 aromatic heterocycles. The summed E-state index contributed by atoms with van der Waals surface area (Å²) < 4.78 is 9.53. The zero-order valence-corrected chi connectivity index (χ0v) is 14.8. The number of nitrogens with zero attached hydrogens (tertiary/aromatic N) is 2. The highest BCUT2D eigenvalue weighted by atomic mass is 16.5. The van der Waals surface area contributed by atoms with E-state index in [9.17, 15) is 9.59 Å². The lowest BCUT2D eigenvalue weighted by molar-refractivity contribution is 0.233. The molecule has 1 N–H and O–H groups in total. The third-order valence-corrected chi connectivity index (χ3v) is 5.13. The normalized spacial score (nSPS) is 16.4. The molecule has 6 nitrogen and oxygen atoms in total. The minimum Gasteiger partial charge on any atom is -0.487 e. The van der Waals surface area contributed by atoms with Crippen LogP contribution in [-0.2, 0) is 7.05 Å². The fourth-order valence-corrected chi connectivity index (χ4v) is 3.86. The van der Waals surface area contributed by atoms with Gasteiger partial charge in [0.25, 0.3) is 11.1 Å². The fourth-order valence-electron chi connectivity index (χ4n) is 3.86. The zero-order chi connectivity index (χ0) is 17.9. The first kappa shape index (κ1) is 15.9. The topological polar surface area (TPSA) is 65.3 Å². The Morgan fingerprint density at radius 3 is 2.40 bits per heavy atom. The lowest BCUT2D eigenvalue weighted by atomic mass is 10.0. The van der Waals surface area contributed by atoms with Gasteiger partial charge in [0.05, 0.1) is 17.1 Å². The van der Waals surface area contributed by atoms with Crippen molar-refractivity contribution >= 4 is 21.8 Å². The molecule has 1 aliphatic rings. The molecule has 1 aromatic carbocycles. The zero-order valence-electron chi connectivity index (χ0n) is 14.8. The summed E-state index contributed by atoms with van der Waals surface area (Å²) in [6.45, 7) is 4.91. The van der Waals surface area contributed by atoms with Crippen LogP contribution >= 0.6 is 0 Å². The summed E-state index contributed by atoms with van der Waals surface area (Å²) in [7, 11) is 3.60. The van der Waals surface area contributed by atoms with Crippen LogP contribution in [0.15, 0.2) is 27.8 Å². The van der Waals surface area contributed by atoms with E-state index in [1.54, 1.807) is 23.7 Å². The van der Waals surface area contributed by atoms with E-state index < -0.39 is 0 Å². The van der Waals surface area contributed by atoms with Crippen LogP contribution in [-0.4, -0.2) is 29.3 Å². The molecule has 4 rings (SSSR count). The standard InChI is InChI=1S/C19H21N3O3/c1-10-5-15(23)21(4)17-13(10)7-14-11(2)6-16(24)22-12(8-20-3)9-25-19(17)18(14)22/h5-7,12,20H,8-9H2,1-4H3. The van der Waals surface area contributed by atoms with E-state index in [1.807, 2.05) is 25.5 Å². The minimum atomic E-state index is -0.0805. The van der Waals surface area contributed by atoms with Gasteiger partial charge in [-0.3, -0.25) is 14.2 Å². The van der Waals surface area contributed by atoms with Crippen LogP contribution in [0.1, 0.15) is 17.2 Å². The first-order chi connectivity index (χ1) is 11.9. The van der Waals surface area contributed by atoms with Crippen LogP contribution in [0.4, 0.5) is 0 Å². The van der Waals surface area contributed by atoms with Gasteiger partial charge in [-0.25, -0.2) is 0 Å². The lowest BCUT2D eigenvalue weighted by Crippen LogP contribution is -2.37. The quantitative estimate of drug-likeness (QED) is 0.721. The van der Waals surface area contributed by atoms with E-state index in [-0.39, 0.29) is 17.2 Å². The molecule has 1 unspecified atom stereocenters. The number of hydrogen-bond acceptors (Lipinski definition) is 4. The summed E-state index contributed by atoms with van der Waals surface area (Å²) >= 11 is 0. The van der Waals surface area contributed by atoms with Gasteiger partial charge in [0.15, 0.2) is 5.75 Å². The second-order valence-corrected chi connectivity index (χ2v) is 6.78. The number of ether oxygens (including phenoxy) is 1. The number of likely N-dealkylation sites (N-methyl/N-ethyl adjacent to an activating group) is 1. The summed E-state index contributed by atoms with van der Waals surface area (Å²) in [5.41, 5.74) is 3.24. The number of nitrogens with one attached hydrogen (secondary N) is 1.